The summed E-state index contributed by atoms with van der Waals surface area (Å²) in [4.78, 5) is 4.31. The third-order valence-corrected chi connectivity index (χ3v) is 3.32. The molecule has 0 bridgehead atoms. The van der Waals surface area contributed by atoms with Gasteiger partial charge >= 0.3 is 0 Å². The highest BCUT2D eigenvalue weighted by Crippen LogP contribution is 2.28. The molecule has 1 aromatic carbocycles. The Balaban J connectivity index is 2.14. The first-order chi connectivity index (χ1) is 10.1. The Morgan fingerprint density at radius 1 is 1.24 bits per heavy atom. The van der Waals surface area contributed by atoms with Crippen molar-refractivity contribution in [2.45, 2.75) is 26.0 Å². The standard InChI is InChI=1S/C16H19ClN2O2/c1-11(18)9-13-14(17)6-4-7-15(13)21-10-12-5-3-8-16(19-12)20-2/h3-8,11H,9-10,18H2,1-2H3. The fourth-order valence-electron chi connectivity index (χ4n) is 2.00. The first-order valence-corrected chi connectivity index (χ1v) is 7.13. The Bertz CT molecular complexity index is 603. The summed E-state index contributed by atoms with van der Waals surface area (Å²) in [5.41, 5.74) is 7.58. The number of benzene rings is 1. The smallest absolute Gasteiger partial charge is 0.213 e. The lowest BCUT2D eigenvalue weighted by molar-refractivity contribution is 0.294. The molecule has 0 aliphatic rings. The first kappa shape index (κ1) is 15.6. The maximum absolute atomic E-state index is 6.23. The van der Waals surface area contributed by atoms with Crippen LogP contribution in [0.5, 0.6) is 11.6 Å². The molecule has 1 unspecified atom stereocenters. The van der Waals surface area contributed by atoms with E-state index in [2.05, 4.69) is 4.98 Å². The van der Waals surface area contributed by atoms with E-state index in [4.69, 9.17) is 26.8 Å². The van der Waals surface area contributed by atoms with Crippen molar-refractivity contribution < 1.29 is 9.47 Å². The van der Waals surface area contributed by atoms with Crippen molar-refractivity contribution in [3.8, 4) is 11.6 Å². The van der Waals surface area contributed by atoms with E-state index in [9.17, 15) is 0 Å². The second-order valence-corrected chi connectivity index (χ2v) is 5.27. The number of nitrogens with zero attached hydrogens (tertiary/aromatic N) is 1. The molecule has 0 aliphatic carbocycles. The number of methoxy groups -OCH3 is 1. The molecule has 0 saturated carbocycles. The predicted octanol–water partition coefficient (Wildman–Crippen LogP) is 3.21. The van der Waals surface area contributed by atoms with Gasteiger partial charge in [-0.2, -0.15) is 0 Å². The average Bonchev–Trinajstić information content (AvgIpc) is 2.48. The minimum Gasteiger partial charge on any atom is -0.487 e. The van der Waals surface area contributed by atoms with Crippen LogP contribution in [-0.2, 0) is 13.0 Å². The van der Waals surface area contributed by atoms with Gasteiger partial charge in [-0.15, -0.1) is 0 Å². The maximum Gasteiger partial charge on any atom is 0.213 e. The first-order valence-electron chi connectivity index (χ1n) is 6.76. The van der Waals surface area contributed by atoms with Gasteiger partial charge in [-0.25, -0.2) is 4.98 Å². The van der Waals surface area contributed by atoms with Crippen LogP contribution in [0, 0.1) is 0 Å². The van der Waals surface area contributed by atoms with E-state index < -0.39 is 0 Å². The van der Waals surface area contributed by atoms with Crippen molar-refractivity contribution in [2.24, 2.45) is 5.73 Å². The molecule has 0 fully saturated rings. The van der Waals surface area contributed by atoms with Gasteiger partial charge in [-0.3, -0.25) is 0 Å². The third-order valence-electron chi connectivity index (χ3n) is 2.97. The molecule has 1 heterocycles. The van der Waals surface area contributed by atoms with Crippen LogP contribution < -0.4 is 15.2 Å². The molecular formula is C16H19ClN2O2. The summed E-state index contributed by atoms with van der Waals surface area (Å²) < 4.78 is 10.9. The minimum atomic E-state index is 0.0159. The summed E-state index contributed by atoms with van der Waals surface area (Å²) in [5.74, 6) is 1.31. The van der Waals surface area contributed by atoms with E-state index in [1.54, 1.807) is 13.2 Å². The van der Waals surface area contributed by atoms with Crippen LogP contribution in [0.3, 0.4) is 0 Å². The number of ether oxygens (including phenoxy) is 2. The number of halogens is 1. The van der Waals surface area contributed by atoms with E-state index in [-0.39, 0.29) is 6.04 Å². The molecule has 5 heteroatoms. The fourth-order valence-corrected chi connectivity index (χ4v) is 2.24. The van der Waals surface area contributed by atoms with Gasteiger partial charge < -0.3 is 15.2 Å². The highest BCUT2D eigenvalue weighted by atomic mass is 35.5. The molecule has 1 aromatic heterocycles. The quantitative estimate of drug-likeness (QED) is 0.890. The Morgan fingerprint density at radius 3 is 2.71 bits per heavy atom. The molecule has 2 aromatic rings. The number of aromatic nitrogens is 1. The van der Waals surface area contributed by atoms with Crippen molar-refractivity contribution >= 4 is 11.6 Å². The zero-order valence-corrected chi connectivity index (χ0v) is 12.9. The molecule has 0 spiro atoms. The molecule has 1 atom stereocenters. The summed E-state index contributed by atoms with van der Waals surface area (Å²) >= 11 is 6.23. The van der Waals surface area contributed by atoms with E-state index in [1.165, 1.54) is 0 Å². The van der Waals surface area contributed by atoms with Crippen molar-refractivity contribution in [1.82, 2.24) is 4.98 Å². The largest absolute Gasteiger partial charge is 0.487 e. The summed E-state index contributed by atoms with van der Waals surface area (Å²) in [5, 5.41) is 0.670. The van der Waals surface area contributed by atoms with E-state index in [1.807, 2.05) is 37.3 Å². The Hall–Kier alpha value is -1.78. The van der Waals surface area contributed by atoms with Gasteiger partial charge in [0.2, 0.25) is 5.88 Å². The minimum absolute atomic E-state index is 0.0159. The lowest BCUT2D eigenvalue weighted by atomic mass is 10.1. The lowest BCUT2D eigenvalue weighted by Gasteiger charge is -2.14. The molecular weight excluding hydrogens is 288 g/mol. The van der Waals surface area contributed by atoms with E-state index in [0.717, 1.165) is 17.0 Å². The zero-order valence-electron chi connectivity index (χ0n) is 12.2. The Morgan fingerprint density at radius 2 is 2.00 bits per heavy atom. The monoisotopic (exact) mass is 306 g/mol. The zero-order chi connectivity index (χ0) is 15.2. The van der Waals surface area contributed by atoms with Crippen LogP contribution in [0.4, 0.5) is 0 Å². The number of rotatable bonds is 6. The van der Waals surface area contributed by atoms with Crippen LogP contribution in [0.25, 0.3) is 0 Å². The number of hydrogen-bond acceptors (Lipinski definition) is 4. The van der Waals surface area contributed by atoms with Crippen LogP contribution >= 0.6 is 11.6 Å². The van der Waals surface area contributed by atoms with Crippen molar-refractivity contribution in [3.63, 3.8) is 0 Å². The number of pyridine rings is 1. The van der Waals surface area contributed by atoms with Crippen molar-refractivity contribution in [2.75, 3.05) is 7.11 Å². The molecule has 2 rings (SSSR count). The van der Waals surface area contributed by atoms with Crippen molar-refractivity contribution in [3.05, 3.63) is 52.7 Å². The van der Waals surface area contributed by atoms with E-state index >= 15 is 0 Å². The summed E-state index contributed by atoms with van der Waals surface area (Å²) in [6, 6.07) is 11.2. The Kier molecular flexibility index (Phi) is 5.42. The van der Waals surface area contributed by atoms with Crippen LogP contribution in [-0.4, -0.2) is 18.1 Å². The van der Waals surface area contributed by atoms with Gasteiger partial charge in [-0.05, 0) is 31.5 Å². The van der Waals surface area contributed by atoms with Crippen LogP contribution in [0.15, 0.2) is 36.4 Å². The highest BCUT2D eigenvalue weighted by molar-refractivity contribution is 6.31. The Labute approximate surface area is 129 Å². The highest BCUT2D eigenvalue weighted by Gasteiger charge is 2.11. The molecule has 0 saturated heterocycles. The number of nitrogens with two attached hydrogens (primary N) is 1. The fraction of sp³-hybridized carbons (Fsp3) is 0.312. The number of hydrogen-bond donors (Lipinski definition) is 1. The molecule has 21 heavy (non-hydrogen) atoms. The van der Waals surface area contributed by atoms with Gasteiger partial charge in [0.05, 0.1) is 12.8 Å². The SMILES string of the molecule is COc1cccc(COc2cccc(Cl)c2CC(C)N)n1. The predicted molar refractivity (Wildman–Crippen MR) is 83.9 cm³/mol. The normalized spacial score (nSPS) is 12.0. The van der Waals surface area contributed by atoms with Gasteiger partial charge in [0, 0.05) is 22.7 Å². The van der Waals surface area contributed by atoms with Gasteiger partial charge in [0.25, 0.3) is 0 Å². The van der Waals surface area contributed by atoms with Gasteiger partial charge in [0.15, 0.2) is 0 Å². The molecule has 112 valence electrons. The van der Waals surface area contributed by atoms with Crippen LogP contribution in [0.2, 0.25) is 5.02 Å². The summed E-state index contributed by atoms with van der Waals surface area (Å²) in [6.45, 7) is 2.29. The summed E-state index contributed by atoms with van der Waals surface area (Å²) in [7, 11) is 1.59. The molecule has 0 radical (unpaired) electrons. The molecule has 4 nitrogen and oxygen atoms in total. The van der Waals surface area contributed by atoms with Crippen LogP contribution in [0.1, 0.15) is 18.2 Å². The second-order valence-electron chi connectivity index (χ2n) is 4.86. The average molecular weight is 307 g/mol. The lowest BCUT2D eigenvalue weighted by Crippen LogP contribution is -2.18. The summed E-state index contributed by atoms with van der Waals surface area (Å²) in [6.07, 6.45) is 0.667. The molecule has 0 aliphatic heterocycles. The van der Waals surface area contributed by atoms with Gasteiger partial charge in [-0.1, -0.05) is 23.7 Å². The van der Waals surface area contributed by atoms with Crippen molar-refractivity contribution in [1.29, 1.82) is 0 Å². The van der Waals surface area contributed by atoms with Gasteiger partial charge in [0.1, 0.15) is 12.4 Å². The second kappa shape index (κ2) is 7.29. The maximum atomic E-state index is 6.23. The third kappa shape index (κ3) is 4.34. The van der Waals surface area contributed by atoms with E-state index in [0.29, 0.717) is 23.9 Å². The molecule has 0 amide bonds. The topological polar surface area (TPSA) is 57.4 Å². The molecule has 2 N–H and O–H groups in total.